The van der Waals surface area contributed by atoms with Crippen molar-refractivity contribution in [3.63, 3.8) is 0 Å². The number of carbonyl (C=O) groups excluding carboxylic acids is 2. The molecule has 0 fully saturated rings. The number of hydrogen-bond acceptors (Lipinski definition) is 4. The van der Waals surface area contributed by atoms with Crippen molar-refractivity contribution in [2.45, 2.75) is 37.8 Å². The molecule has 0 radical (unpaired) electrons. The lowest BCUT2D eigenvalue weighted by molar-refractivity contribution is -0.140. The van der Waals surface area contributed by atoms with Gasteiger partial charge in [0.1, 0.15) is 12.6 Å². The van der Waals surface area contributed by atoms with Crippen molar-refractivity contribution in [2.24, 2.45) is 0 Å². The van der Waals surface area contributed by atoms with E-state index in [9.17, 15) is 18.0 Å². The molecule has 2 amide bonds. The lowest BCUT2D eigenvalue weighted by Gasteiger charge is -2.34. The fourth-order valence-corrected chi connectivity index (χ4v) is 6.39. The van der Waals surface area contributed by atoms with Crippen molar-refractivity contribution in [1.29, 1.82) is 0 Å². The number of benzene rings is 4. The van der Waals surface area contributed by atoms with Gasteiger partial charge in [0, 0.05) is 23.1 Å². The van der Waals surface area contributed by atoms with E-state index < -0.39 is 28.5 Å². The summed E-state index contributed by atoms with van der Waals surface area (Å²) in [5.74, 6) is -0.783. The summed E-state index contributed by atoms with van der Waals surface area (Å²) >= 11 is 2.15. The SMILES string of the molecule is CCNC(=O)[C@@H](Cc1ccccc1)N(Cc1ccc(C)cc1)C(=O)CN(c1ccc(I)cc1)S(=O)(=O)c1ccccc1. The summed E-state index contributed by atoms with van der Waals surface area (Å²) in [5.41, 5.74) is 3.16. The van der Waals surface area contributed by atoms with Crippen LogP contribution in [0.15, 0.2) is 114 Å². The molecular formula is C33H34IN3O4S. The van der Waals surface area contributed by atoms with Gasteiger partial charge in [-0.3, -0.25) is 13.9 Å². The Kier molecular flexibility index (Phi) is 10.8. The van der Waals surface area contributed by atoms with E-state index in [0.29, 0.717) is 12.2 Å². The fourth-order valence-electron chi connectivity index (χ4n) is 4.59. The first-order chi connectivity index (χ1) is 20.2. The van der Waals surface area contributed by atoms with Gasteiger partial charge in [0.25, 0.3) is 10.0 Å². The second-order valence-corrected chi connectivity index (χ2v) is 13.0. The summed E-state index contributed by atoms with van der Waals surface area (Å²) in [5, 5.41) is 2.88. The normalized spacial score (nSPS) is 11.9. The summed E-state index contributed by atoms with van der Waals surface area (Å²) in [7, 11) is -4.11. The molecule has 218 valence electrons. The zero-order valence-electron chi connectivity index (χ0n) is 23.6. The molecule has 4 aromatic rings. The first-order valence-electron chi connectivity index (χ1n) is 13.7. The van der Waals surface area contributed by atoms with Crippen LogP contribution in [0.25, 0.3) is 0 Å². The molecule has 0 bridgehead atoms. The molecule has 7 nitrogen and oxygen atoms in total. The highest BCUT2D eigenvalue weighted by Crippen LogP contribution is 2.26. The number of carbonyl (C=O) groups is 2. The molecule has 9 heteroatoms. The van der Waals surface area contributed by atoms with Gasteiger partial charge >= 0.3 is 0 Å². The van der Waals surface area contributed by atoms with Crippen LogP contribution in [0.2, 0.25) is 0 Å². The van der Waals surface area contributed by atoms with E-state index in [1.165, 1.54) is 17.0 Å². The zero-order valence-corrected chi connectivity index (χ0v) is 26.6. The van der Waals surface area contributed by atoms with E-state index in [0.717, 1.165) is 24.6 Å². The van der Waals surface area contributed by atoms with Crippen molar-refractivity contribution in [2.75, 3.05) is 17.4 Å². The predicted molar refractivity (Wildman–Crippen MR) is 174 cm³/mol. The third kappa shape index (κ3) is 7.98. The number of nitrogens with one attached hydrogen (secondary N) is 1. The summed E-state index contributed by atoms with van der Waals surface area (Å²) in [6.07, 6.45) is 0.277. The number of aryl methyl sites for hydroxylation is 1. The molecule has 1 atom stereocenters. The Morgan fingerprint density at radius 1 is 0.810 bits per heavy atom. The number of likely N-dealkylation sites (N-methyl/N-ethyl adjacent to an activating group) is 1. The van der Waals surface area contributed by atoms with Crippen LogP contribution in [-0.2, 0) is 32.6 Å². The Morgan fingerprint density at radius 3 is 2.00 bits per heavy atom. The van der Waals surface area contributed by atoms with E-state index in [4.69, 9.17) is 0 Å². The number of halogens is 1. The van der Waals surface area contributed by atoms with Crippen molar-refractivity contribution in [3.05, 3.63) is 129 Å². The monoisotopic (exact) mass is 695 g/mol. The average Bonchev–Trinajstić information content (AvgIpc) is 3.00. The number of sulfonamides is 1. The lowest BCUT2D eigenvalue weighted by Crippen LogP contribution is -2.53. The summed E-state index contributed by atoms with van der Waals surface area (Å²) in [6, 6.07) is 31.4. The van der Waals surface area contributed by atoms with Crippen LogP contribution in [0.1, 0.15) is 23.6 Å². The number of amides is 2. The van der Waals surface area contributed by atoms with Gasteiger partial charge in [-0.1, -0.05) is 78.4 Å². The molecule has 4 rings (SSSR count). The quantitative estimate of drug-likeness (QED) is 0.197. The molecule has 0 aliphatic rings. The van der Waals surface area contributed by atoms with Crippen molar-refractivity contribution in [1.82, 2.24) is 10.2 Å². The van der Waals surface area contributed by atoms with Crippen LogP contribution in [-0.4, -0.2) is 44.3 Å². The number of hydrogen-bond donors (Lipinski definition) is 1. The molecule has 0 saturated heterocycles. The molecule has 0 unspecified atom stereocenters. The van der Waals surface area contributed by atoms with Gasteiger partial charge in [-0.05, 0) is 84.0 Å². The van der Waals surface area contributed by atoms with Gasteiger partial charge in [0.05, 0.1) is 10.6 Å². The Balaban J connectivity index is 1.78. The van der Waals surface area contributed by atoms with E-state index >= 15 is 0 Å². The van der Waals surface area contributed by atoms with Gasteiger partial charge in [-0.2, -0.15) is 0 Å². The highest BCUT2D eigenvalue weighted by atomic mass is 127. The van der Waals surface area contributed by atoms with Crippen LogP contribution in [0.3, 0.4) is 0 Å². The third-order valence-electron chi connectivity index (χ3n) is 6.82. The van der Waals surface area contributed by atoms with E-state index in [2.05, 4.69) is 27.9 Å². The van der Waals surface area contributed by atoms with Gasteiger partial charge in [0.15, 0.2) is 0 Å². The van der Waals surface area contributed by atoms with Gasteiger partial charge < -0.3 is 10.2 Å². The number of nitrogens with zero attached hydrogens (tertiary/aromatic N) is 2. The molecule has 0 aromatic heterocycles. The smallest absolute Gasteiger partial charge is 0.264 e. The molecule has 1 N–H and O–H groups in total. The topological polar surface area (TPSA) is 86.8 Å². The van der Waals surface area contributed by atoms with E-state index in [1.807, 2.05) is 68.4 Å². The van der Waals surface area contributed by atoms with Gasteiger partial charge in [0.2, 0.25) is 11.8 Å². The summed E-state index contributed by atoms with van der Waals surface area (Å²) in [6.45, 7) is 3.86. The minimum absolute atomic E-state index is 0.0750. The first-order valence-corrected chi connectivity index (χ1v) is 16.2. The average molecular weight is 696 g/mol. The Morgan fingerprint density at radius 2 is 1.40 bits per heavy atom. The fraction of sp³-hybridized carbons (Fsp3) is 0.212. The molecule has 4 aromatic carbocycles. The highest BCUT2D eigenvalue weighted by Gasteiger charge is 2.34. The van der Waals surface area contributed by atoms with Crippen LogP contribution >= 0.6 is 22.6 Å². The molecule has 0 spiro atoms. The summed E-state index contributed by atoms with van der Waals surface area (Å²) in [4.78, 5) is 29.4. The minimum atomic E-state index is -4.11. The molecule has 0 aliphatic heterocycles. The van der Waals surface area contributed by atoms with Crippen LogP contribution in [0, 0.1) is 10.5 Å². The number of rotatable bonds is 12. The van der Waals surface area contributed by atoms with Crippen LogP contribution in [0.5, 0.6) is 0 Å². The van der Waals surface area contributed by atoms with Gasteiger partial charge in [-0.25, -0.2) is 8.42 Å². The molecule has 0 saturated carbocycles. The van der Waals surface area contributed by atoms with Crippen molar-refractivity contribution < 1.29 is 18.0 Å². The maximum absolute atomic E-state index is 14.3. The maximum atomic E-state index is 14.3. The Labute approximate surface area is 261 Å². The minimum Gasteiger partial charge on any atom is -0.355 e. The van der Waals surface area contributed by atoms with E-state index in [-0.39, 0.29) is 23.8 Å². The highest BCUT2D eigenvalue weighted by molar-refractivity contribution is 14.1. The summed E-state index contributed by atoms with van der Waals surface area (Å²) < 4.78 is 29.9. The van der Waals surface area contributed by atoms with Crippen LogP contribution in [0.4, 0.5) is 5.69 Å². The molecular weight excluding hydrogens is 661 g/mol. The Hall–Kier alpha value is -3.70. The predicted octanol–water partition coefficient (Wildman–Crippen LogP) is 5.57. The standard InChI is InChI=1S/C33H34IN3O4S/c1-3-35-33(39)31(22-26-10-6-4-7-11-26)36(23-27-16-14-25(2)15-17-27)32(38)24-37(29-20-18-28(34)19-21-29)42(40,41)30-12-8-5-9-13-30/h4-21,31H,3,22-24H2,1-2H3,(H,35,39)/t31-/m1/s1. The first kappa shape index (κ1) is 31.2. The molecule has 42 heavy (non-hydrogen) atoms. The second kappa shape index (κ2) is 14.5. The molecule has 0 aliphatic carbocycles. The molecule has 0 heterocycles. The lowest BCUT2D eigenvalue weighted by atomic mass is 10.0. The van der Waals surface area contributed by atoms with E-state index in [1.54, 1.807) is 42.5 Å². The zero-order chi connectivity index (χ0) is 30.1. The van der Waals surface area contributed by atoms with Crippen molar-refractivity contribution >= 4 is 50.1 Å². The largest absolute Gasteiger partial charge is 0.355 e. The third-order valence-corrected chi connectivity index (χ3v) is 9.33. The van der Waals surface area contributed by atoms with Crippen molar-refractivity contribution in [3.8, 4) is 0 Å². The number of anilines is 1. The van der Waals surface area contributed by atoms with Gasteiger partial charge in [-0.15, -0.1) is 0 Å². The van der Waals surface area contributed by atoms with Crippen LogP contribution < -0.4 is 9.62 Å². The maximum Gasteiger partial charge on any atom is 0.264 e. The Bertz CT molecular complexity index is 1580. The second-order valence-electron chi connectivity index (χ2n) is 9.91.